The van der Waals surface area contributed by atoms with Crippen LogP contribution in [0.3, 0.4) is 0 Å². The standard InChI is InChI=1S/C18H15FN2O3/c19-15-8-4-7-14(11-15)18(23)24-12-17(22)21-10-9-16(20-21)13-5-2-1-3-6-13/h1-8,11H,9-10,12H2. The number of ether oxygens (including phenoxy) is 1. The van der Waals surface area contributed by atoms with E-state index in [2.05, 4.69) is 5.10 Å². The fourth-order valence-electron chi connectivity index (χ4n) is 2.37. The van der Waals surface area contributed by atoms with Crippen molar-refractivity contribution in [1.82, 2.24) is 5.01 Å². The summed E-state index contributed by atoms with van der Waals surface area (Å²) in [7, 11) is 0. The second-order valence-electron chi connectivity index (χ2n) is 5.27. The Labute approximate surface area is 138 Å². The number of amides is 1. The smallest absolute Gasteiger partial charge is 0.338 e. The van der Waals surface area contributed by atoms with Gasteiger partial charge in [0.05, 0.1) is 17.8 Å². The number of carbonyl (C=O) groups excluding carboxylic acids is 2. The molecular formula is C18H15FN2O3. The molecule has 0 unspecified atom stereocenters. The van der Waals surface area contributed by atoms with E-state index in [1.165, 1.54) is 23.2 Å². The summed E-state index contributed by atoms with van der Waals surface area (Å²) >= 11 is 0. The number of hydrogen-bond acceptors (Lipinski definition) is 4. The van der Waals surface area contributed by atoms with E-state index in [0.717, 1.165) is 17.3 Å². The zero-order chi connectivity index (χ0) is 16.9. The highest BCUT2D eigenvalue weighted by molar-refractivity contribution is 6.02. The monoisotopic (exact) mass is 326 g/mol. The molecule has 2 aromatic rings. The molecule has 1 heterocycles. The van der Waals surface area contributed by atoms with Gasteiger partial charge in [-0.3, -0.25) is 4.79 Å². The molecule has 0 spiro atoms. The van der Waals surface area contributed by atoms with Gasteiger partial charge in [-0.15, -0.1) is 0 Å². The van der Waals surface area contributed by atoms with Crippen LogP contribution in [-0.4, -0.2) is 35.7 Å². The van der Waals surface area contributed by atoms with Crippen LogP contribution in [0.4, 0.5) is 4.39 Å². The Hall–Kier alpha value is -3.02. The van der Waals surface area contributed by atoms with Crippen LogP contribution in [0.1, 0.15) is 22.3 Å². The third-order valence-corrected chi connectivity index (χ3v) is 3.58. The van der Waals surface area contributed by atoms with Gasteiger partial charge in [-0.25, -0.2) is 14.2 Å². The van der Waals surface area contributed by atoms with Gasteiger partial charge in [0.25, 0.3) is 5.91 Å². The molecule has 0 saturated carbocycles. The summed E-state index contributed by atoms with van der Waals surface area (Å²) in [6, 6.07) is 14.7. The highest BCUT2D eigenvalue weighted by Gasteiger charge is 2.22. The quantitative estimate of drug-likeness (QED) is 0.812. The number of carbonyl (C=O) groups is 2. The molecule has 0 N–H and O–H groups in total. The summed E-state index contributed by atoms with van der Waals surface area (Å²) < 4.78 is 18.0. The Balaban J connectivity index is 1.58. The Bertz CT molecular complexity index is 790. The van der Waals surface area contributed by atoms with E-state index in [1.54, 1.807) is 0 Å². The summed E-state index contributed by atoms with van der Waals surface area (Å²) in [6.45, 7) is 0.0154. The topological polar surface area (TPSA) is 59.0 Å². The number of benzene rings is 2. The summed E-state index contributed by atoms with van der Waals surface area (Å²) in [6.07, 6.45) is 0.646. The van der Waals surface area contributed by atoms with E-state index in [1.807, 2.05) is 30.3 Å². The number of hydrazone groups is 1. The van der Waals surface area contributed by atoms with Crippen molar-refractivity contribution >= 4 is 17.6 Å². The number of rotatable bonds is 4. The lowest BCUT2D eigenvalue weighted by atomic mass is 10.1. The van der Waals surface area contributed by atoms with Crippen molar-refractivity contribution in [3.8, 4) is 0 Å². The lowest BCUT2D eigenvalue weighted by molar-refractivity contribution is -0.134. The Kier molecular flexibility index (Phi) is 4.65. The van der Waals surface area contributed by atoms with E-state index in [-0.39, 0.29) is 5.56 Å². The fourth-order valence-corrected chi connectivity index (χ4v) is 2.37. The molecule has 0 atom stereocenters. The first kappa shape index (κ1) is 15.9. The molecule has 24 heavy (non-hydrogen) atoms. The van der Waals surface area contributed by atoms with Crippen LogP contribution >= 0.6 is 0 Å². The average molecular weight is 326 g/mol. The SMILES string of the molecule is O=C(OCC(=O)N1CCC(c2ccccc2)=N1)c1cccc(F)c1. The predicted octanol–water partition coefficient (Wildman–Crippen LogP) is 2.62. The number of hydrogen-bond donors (Lipinski definition) is 0. The first-order valence-electron chi connectivity index (χ1n) is 7.49. The minimum Gasteiger partial charge on any atom is -0.452 e. The molecule has 0 saturated heterocycles. The molecule has 1 aliphatic rings. The molecule has 122 valence electrons. The van der Waals surface area contributed by atoms with E-state index < -0.39 is 24.3 Å². The van der Waals surface area contributed by atoms with Gasteiger partial charge in [-0.1, -0.05) is 36.4 Å². The van der Waals surface area contributed by atoms with Crippen LogP contribution < -0.4 is 0 Å². The van der Waals surface area contributed by atoms with E-state index in [4.69, 9.17) is 4.74 Å². The van der Waals surface area contributed by atoms with Crippen LogP contribution in [0.15, 0.2) is 59.7 Å². The molecule has 0 aliphatic carbocycles. The van der Waals surface area contributed by atoms with Crippen LogP contribution in [0, 0.1) is 5.82 Å². The molecule has 0 bridgehead atoms. The fraction of sp³-hybridized carbons (Fsp3) is 0.167. The van der Waals surface area contributed by atoms with Gasteiger partial charge in [-0.2, -0.15) is 5.10 Å². The zero-order valence-electron chi connectivity index (χ0n) is 12.8. The van der Waals surface area contributed by atoms with Crippen molar-refractivity contribution in [2.45, 2.75) is 6.42 Å². The van der Waals surface area contributed by atoms with Gasteiger partial charge in [-0.05, 0) is 23.8 Å². The van der Waals surface area contributed by atoms with Crippen molar-refractivity contribution < 1.29 is 18.7 Å². The normalized spacial score (nSPS) is 13.5. The third kappa shape index (κ3) is 3.65. The number of esters is 1. The zero-order valence-corrected chi connectivity index (χ0v) is 12.8. The molecule has 1 amide bonds. The minimum atomic E-state index is -0.741. The van der Waals surface area contributed by atoms with Crippen LogP contribution in [-0.2, 0) is 9.53 Å². The molecular weight excluding hydrogens is 311 g/mol. The molecule has 0 aromatic heterocycles. The highest BCUT2D eigenvalue weighted by Crippen LogP contribution is 2.14. The van der Waals surface area contributed by atoms with Crippen molar-refractivity contribution in [3.63, 3.8) is 0 Å². The van der Waals surface area contributed by atoms with Crippen molar-refractivity contribution in [1.29, 1.82) is 0 Å². The lowest BCUT2D eigenvalue weighted by Crippen LogP contribution is -2.28. The summed E-state index contributed by atoms with van der Waals surface area (Å²) in [5, 5.41) is 5.57. The molecule has 3 rings (SSSR count). The maximum absolute atomic E-state index is 13.1. The Morgan fingerprint density at radius 3 is 2.67 bits per heavy atom. The van der Waals surface area contributed by atoms with E-state index >= 15 is 0 Å². The van der Waals surface area contributed by atoms with Crippen molar-refractivity contribution in [2.75, 3.05) is 13.2 Å². The summed E-state index contributed by atoms with van der Waals surface area (Å²) in [5.74, 6) is -1.69. The molecule has 6 heteroatoms. The molecule has 0 radical (unpaired) electrons. The van der Waals surface area contributed by atoms with E-state index in [9.17, 15) is 14.0 Å². The Morgan fingerprint density at radius 1 is 1.12 bits per heavy atom. The Morgan fingerprint density at radius 2 is 1.92 bits per heavy atom. The molecule has 2 aromatic carbocycles. The lowest BCUT2D eigenvalue weighted by Gasteiger charge is -2.11. The summed E-state index contributed by atoms with van der Waals surface area (Å²) in [5.41, 5.74) is 1.85. The van der Waals surface area contributed by atoms with Gasteiger partial charge < -0.3 is 4.74 Å². The van der Waals surface area contributed by atoms with Crippen molar-refractivity contribution in [2.24, 2.45) is 5.10 Å². The van der Waals surface area contributed by atoms with Crippen LogP contribution in [0.5, 0.6) is 0 Å². The van der Waals surface area contributed by atoms with Crippen molar-refractivity contribution in [3.05, 3.63) is 71.5 Å². The highest BCUT2D eigenvalue weighted by atomic mass is 19.1. The van der Waals surface area contributed by atoms with Gasteiger partial charge in [0.15, 0.2) is 6.61 Å². The third-order valence-electron chi connectivity index (χ3n) is 3.58. The van der Waals surface area contributed by atoms with Gasteiger partial charge >= 0.3 is 5.97 Å². The summed E-state index contributed by atoms with van der Waals surface area (Å²) in [4.78, 5) is 23.9. The average Bonchev–Trinajstić information content (AvgIpc) is 3.10. The molecule has 0 fully saturated rings. The molecule has 5 nitrogen and oxygen atoms in total. The maximum Gasteiger partial charge on any atom is 0.338 e. The van der Waals surface area contributed by atoms with Crippen LogP contribution in [0.25, 0.3) is 0 Å². The first-order valence-corrected chi connectivity index (χ1v) is 7.49. The second-order valence-corrected chi connectivity index (χ2v) is 5.27. The number of nitrogens with zero attached hydrogens (tertiary/aromatic N) is 2. The molecule has 1 aliphatic heterocycles. The minimum absolute atomic E-state index is 0.0673. The largest absolute Gasteiger partial charge is 0.452 e. The first-order chi connectivity index (χ1) is 11.6. The predicted molar refractivity (Wildman–Crippen MR) is 86.0 cm³/mol. The van der Waals surface area contributed by atoms with Crippen LogP contribution in [0.2, 0.25) is 0 Å². The van der Waals surface area contributed by atoms with E-state index in [0.29, 0.717) is 13.0 Å². The maximum atomic E-state index is 13.1. The van der Waals surface area contributed by atoms with Gasteiger partial charge in [0.1, 0.15) is 5.82 Å². The second kappa shape index (κ2) is 7.04. The van der Waals surface area contributed by atoms with Gasteiger partial charge in [0, 0.05) is 6.42 Å². The number of halogens is 1. The van der Waals surface area contributed by atoms with Gasteiger partial charge in [0.2, 0.25) is 0 Å².